The first-order chi connectivity index (χ1) is 19.9. The molecule has 1 N–H and O–H groups in total. The molecule has 0 radical (unpaired) electrons. The molecule has 4 aromatic carbocycles. The number of halogens is 2. The van der Waals surface area contributed by atoms with Crippen LogP contribution in [0.5, 0.6) is 0 Å². The molecule has 0 unspecified atom stereocenters. The summed E-state index contributed by atoms with van der Waals surface area (Å²) in [7, 11) is 0. The highest BCUT2D eigenvalue weighted by Gasteiger charge is 2.38. The molecule has 41 heavy (non-hydrogen) atoms. The van der Waals surface area contributed by atoms with Crippen LogP contribution in [0.15, 0.2) is 141 Å². The van der Waals surface area contributed by atoms with Gasteiger partial charge in [0.15, 0.2) is 5.84 Å². The molecule has 204 valence electrons. The van der Waals surface area contributed by atoms with Crippen molar-refractivity contribution in [2.75, 3.05) is 0 Å². The van der Waals surface area contributed by atoms with Crippen LogP contribution in [0, 0.1) is 0 Å². The molecule has 4 aromatic rings. The van der Waals surface area contributed by atoms with E-state index < -0.39 is 12.8 Å². The Morgan fingerprint density at radius 2 is 1.15 bits per heavy atom. The Morgan fingerprint density at radius 1 is 0.707 bits per heavy atom. The molecule has 0 fully saturated rings. The van der Waals surface area contributed by atoms with Gasteiger partial charge in [-0.05, 0) is 34.6 Å². The second-order valence-electron chi connectivity index (χ2n) is 8.92. The molecule has 1 aliphatic heterocycles. The van der Waals surface area contributed by atoms with Gasteiger partial charge in [-0.25, -0.2) is 4.99 Å². The number of nitrogens with zero attached hydrogens (tertiary/aromatic N) is 2. The van der Waals surface area contributed by atoms with Crippen molar-refractivity contribution in [1.82, 2.24) is 5.32 Å². The SMILES string of the molecule is CC(=O)NC(SC1=NC(c2ccccc2)=NC(=O)C1=P(c1ccccc1)(c1ccccc1)c1ccccc1)=C(Cl)Cl. The van der Waals surface area contributed by atoms with Gasteiger partial charge >= 0.3 is 0 Å². The number of rotatable bonds is 6. The van der Waals surface area contributed by atoms with Crippen LogP contribution in [-0.2, 0) is 9.59 Å². The summed E-state index contributed by atoms with van der Waals surface area (Å²) in [4.78, 5) is 36.0. The van der Waals surface area contributed by atoms with Crippen molar-refractivity contribution in [3.63, 3.8) is 0 Å². The Morgan fingerprint density at radius 3 is 1.56 bits per heavy atom. The summed E-state index contributed by atoms with van der Waals surface area (Å²) < 4.78 is -0.147. The molecule has 9 heteroatoms. The molecule has 0 bridgehead atoms. The monoisotopic (exact) mass is 615 g/mol. The molecule has 0 spiro atoms. The average Bonchev–Trinajstić information content (AvgIpc) is 3.00. The van der Waals surface area contributed by atoms with Crippen molar-refractivity contribution < 1.29 is 9.59 Å². The van der Waals surface area contributed by atoms with Crippen molar-refractivity contribution in [1.29, 1.82) is 0 Å². The quantitative estimate of drug-likeness (QED) is 0.270. The first kappa shape index (κ1) is 28.8. The Labute approximate surface area is 253 Å². The lowest BCUT2D eigenvalue weighted by molar-refractivity contribution is -0.118. The molecule has 0 aromatic heterocycles. The highest BCUT2D eigenvalue weighted by molar-refractivity contribution is 8.21. The molecule has 0 aliphatic carbocycles. The topological polar surface area (TPSA) is 70.9 Å². The summed E-state index contributed by atoms with van der Waals surface area (Å²) in [5.74, 6) is -0.510. The standard InChI is InChI=1S/C32H24Cl2N3O2PS/c1-22(38)35-32(28(33)34)41-31-27(30(39)36-29(37-31)23-14-6-2-7-15-23)40(24-16-8-3-9-17-24,25-18-10-4-11-19-25)26-20-12-5-13-21-26/h2-21H,1H3,(H,35,38). The summed E-state index contributed by atoms with van der Waals surface area (Å²) in [5.41, 5.74) is 0.683. The Bertz CT molecular complexity index is 1630. The summed E-state index contributed by atoms with van der Waals surface area (Å²) >= 11 is 13.5. The van der Waals surface area contributed by atoms with E-state index in [4.69, 9.17) is 28.2 Å². The van der Waals surface area contributed by atoms with E-state index in [2.05, 4.69) is 10.3 Å². The fourth-order valence-electron chi connectivity index (χ4n) is 4.65. The van der Waals surface area contributed by atoms with E-state index in [1.54, 1.807) is 0 Å². The molecule has 0 atom stereocenters. The number of nitrogens with one attached hydrogen (secondary N) is 1. The van der Waals surface area contributed by atoms with Crippen LogP contribution in [0.1, 0.15) is 12.5 Å². The molecular weight excluding hydrogens is 592 g/mol. The van der Waals surface area contributed by atoms with E-state index in [0.29, 0.717) is 15.9 Å². The van der Waals surface area contributed by atoms with Gasteiger partial charge in [-0.3, -0.25) is 9.59 Å². The number of benzene rings is 4. The van der Waals surface area contributed by atoms with Crippen molar-refractivity contribution in [2.24, 2.45) is 9.98 Å². The molecule has 5 nitrogen and oxygen atoms in total. The molecule has 2 amide bonds. The zero-order valence-corrected chi connectivity index (χ0v) is 25.1. The number of hydrogen-bond acceptors (Lipinski definition) is 4. The third-order valence-corrected chi connectivity index (χ3v) is 12.3. The maximum atomic E-state index is 14.5. The Hall–Kier alpha value is -3.67. The van der Waals surface area contributed by atoms with Gasteiger partial charge < -0.3 is 5.32 Å². The maximum Gasteiger partial charge on any atom is 0.282 e. The smallest absolute Gasteiger partial charge is 0.282 e. The summed E-state index contributed by atoms with van der Waals surface area (Å²) in [6.45, 7) is -1.53. The summed E-state index contributed by atoms with van der Waals surface area (Å²) in [6, 6.07) is 39.1. The zero-order valence-electron chi connectivity index (χ0n) is 21.9. The van der Waals surface area contributed by atoms with Crippen LogP contribution in [0.4, 0.5) is 0 Å². The fraction of sp³-hybridized carbons (Fsp3) is 0.0312. The first-order valence-electron chi connectivity index (χ1n) is 12.6. The second-order valence-corrected chi connectivity index (χ2v) is 14.2. The van der Waals surface area contributed by atoms with E-state index in [1.165, 1.54) is 6.92 Å². The number of carbonyl (C=O) groups excluding carboxylic acids is 2. The predicted molar refractivity (Wildman–Crippen MR) is 176 cm³/mol. The van der Waals surface area contributed by atoms with Gasteiger partial charge in [-0.2, -0.15) is 4.99 Å². The van der Waals surface area contributed by atoms with Crippen molar-refractivity contribution in [3.8, 4) is 0 Å². The van der Waals surface area contributed by atoms with E-state index in [-0.39, 0.29) is 21.3 Å². The van der Waals surface area contributed by atoms with Gasteiger partial charge in [0, 0.05) is 12.5 Å². The van der Waals surface area contributed by atoms with Crippen LogP contribution in [0.3, 0.4) is 0 Å². The molecular formula is C32H24Cl2N3O2PS. The molecule has 1 aliphatic rings. The number of aliphatic imine (C=N–C) groups is 2. The van der Waals surface area contributed by atoms with E-state index in [9.17, 15) is 9.59 Å². The lowest BCUT2D eigenvalue weighted by Gasteiger charge is -2.33. The van der Waals surface area contributed by atoms with Gasteiger partial charge in [0.1, 0.15) is 14.6 Å². The minimum absolute atomic E-state index is 0.147. The van der Waals surface area contributed by atoms with Gasteiger partial charge in [-0.15, -0.1) is 0 Å². The van der Waals surface area contributed by atoms with Gasteiger partial charge in [0.2, 0.25) is 5.91 Å². The van der Waals surface area contributed by atoms with Gasteiger partial charge in [-0.1, -0.05) is 145 Å². The van der Waals surface area contributed by atoms with E-state index in [1.807, 2.05) is 121 Å². The Balaban J connectivity index is 1.94. The summed E-state index contributed by atoms with van der Waals surface area (Å²) in [6.07, 6.45) is 0. The predicted octanol–water partition coefficient (Wildman–Crippen LogP) is 6.01. The van der Waals surface area contributed by atoms with E-state index in [0.717, 1.165) is 27.7 Å². The number of amides is 2. The van der Waals surface area contributed by atoms with Gasteiger partial charge in [0.25, 0.3) is 5.91 Å². The number of thioether (sulfide) groups is 1. The lowest BCUT2D eigenvalue weighted by Crippen LogP contribution is -2.38. The minimum atomic E-state index is -2.89. The zero-order chi connectivity index (χ0) is 28.8. The lowest BCUT2D eigenvalue weighted by atomic mass is 10.2. The van der Waals surface area contributed by atoms with E-state index >= 15 is 0 Å². The fourth-order valence-corrected chi connectivity index (χ4v) is 10.5. The first-order valence-corrected chi connectivity index (χ1v) is 16.0. The maximum absolute atomic E-state index is 14.5. The highest BCUT2D eigenvalue weighted by atomic mass is 35.5. The van der Waals surface area contributed by atoms with Crippen LogP contribution in [-0.4, -0.2) is 28.0 Å². The largest absolute Gasteiger partial charge is 0.319 e. The number of carbonyl (C=O) groups is 2. The normalized spacial score (nSPS) is 13.2. The molecule has 5 rings (SSSR count). The van der Waals surface area contributed by atoms with Crippen molar-refractivity contribution in [2.45, 2.75) is 6.92 Å². The highest BCUT2D eigenvalue weighted by Crippen LogP contribution is 2.48. The van der Waals surface area contributed by atoms with Gasteiger partial charge in [0.05, 0.1) is 5.29 Å². The third kappa shape index (κ3) is 6.02. The second kappa shape index (κ2) is 12.9. The van der Waals surface area contributed by atoms with Crippen LogP contribution in [0.2, 0.25) is 0 Å². The van der Waals surface area contributed by atoms with Crippen molar-refractivity contribution >= 4 is 85.8 Å². The van der Waals surface area contributed by atoms with Crippen LogP contribution < -0.4 is 21.2 Å². The number of hydrogen-bond donors (Lipinski definition) is 1. The molecule has 1 heterocycles. The molecule has 0 saturated heterocycles. The Kier molecular flexibility index (Phi) is 9.06. The molecule has 0 saturated carbocycles. The van der Waals surface area contributed by atoms with Crippen LogP contribution >= 0.6 is 41.8 Å². The van der Waals surface area contributed by atoms with Crippen molar-refractivity contribution in [3.05, 3.63) is 136 Å². The summed E-state index contributed by atoms with van der Waals surface area (Å²) in [5, 5.41) is 6.50. The minimum Gasteiger partial charge on any atom is -0.319 e. The number of amidine groups is 1. The third-order valence-electron chi connectivity index (χ3n) is 6.28. The van der Waals surface area contributed by atoms with Crippen LogP contribution in [0.25, 0.3) is 0 Å². The average molecular weight is 617 g/mol.